The second-order valence-corrected chi connectivity index (χ2v) is 7.17. The molecule has 1 N–H and O–H groups in total. The lowest BCUT2D eigenvalue weighted by Crippen LogP contribution is -2.57. The Labute approximate surface area is 165 Å². The van der Waals surface area contributed by atoms with Gasteiger partial charge in [0.05, 0.1) is 12.1 Å². The molecule has 1 aliphatic rings. The Morgan fingerprint density at radius 1 is 1.32 bits per heavy atom. The number of esters is 1. The molecular formula is C21H27NO6. The maximum Gasteiger partial charge on any atom is 0.407 e. The third-order valence-electron chi connectivity index (χ3n) is 4.26. The van der Waals surface area contributed by atoms with Crippen LogP contribution < -0.4 is 5.32 Å². The van der Waals surface area contributed by atoms with Crippen molar-refractivity contribution in [3.05, 3.63) is 35.9 Å². The van der Waals surface area contributed by atoms with Gasteiger partial charge in [-0.1, -0.05) is 36.3 Å². The van der Waals surface area contributed by atoms with Crippen LogP contribution in [0.2, 0.25) is 0 Å². The molecule has 0 radical (unpaired) electrons. The number of terminal acetylenes is 1. The van der Waals surface area contributed by atoms with Crippen LogP contribution in [0.3, 0.4) is 0 Å². The fourth-order valence-corrected chi connectivity index (χ4v) is 2.91. The Balaban J connectivity index is 2.02. The van der Waals surface area contributed by atoms with Crippen LogP contribution in [0.1, 0.15) is 39.7 Å². The molecule has 1 aliphatic heterocycles. The van der Waals surface area contributed by atoms with Crippen molar-refractivity contribution in [2.24, 2.45) is 0 Å². The molecule has 1 aromatic carbocycles. The van der Waals surface area contributed by atoms with Crippen molar-refractivity contribution in [3.8, 4) is 12.3 Å². The summed E-state index contributed by atoms with van der Waals surface area (Å²) in [5.41, 5.74) is 0.0309. The van der Waals surface area contributed by atoms with Gasteiger partial charge in [0.25, 0.3) is 0 Å². The minimum Gasteiger partial charge on any atom is -0.458 e. The van der Waals surface area contributed by atoms with E-state index in [1.165, 1.54) is 6.92 Å². The number of rotatable bonds is 6. The lowest BCUT2D eigenvalue weighted by Gasteiger charge is -2.41. The molecule has 1 saturated heterocycles. The molecule has 152 valence electrons. The Bertz CT molecular complexity index is 711. The monoisotopic (exact) mass is 389 g/mol. The largest absolute Gasteiger partial charge is 0.458 e. The molecule has 7 nitrogen and oxygen atoms in total. The third kappa shape index (κ3) is 6.55. The van der Waals surface area contributed by atoms with Crippen molar-refractivity contribution in [1.82, 2.24) is 5.32 Å². The summed E-state index contributed by atoms with van der Waals surface area (Å²) in [5.74, 6) is 2.08. The second-order valence-electron chi connectivity index (χ2n) is 7.17. The van der Waals surface area contributed by atoms with Gasteiger partial charge in [-0.2, -0.15) is 0 Å². The minimum atomic E-state index is -0.836. The lowest BCUT2D eigenvalue weighted by molar-refractivity contribution is -0.252. The predicted octanol–water partition coefficient (Wildman–Crippen LogP) is 2.78. The van der Waals surface area contributed by atoms with E-state index in [1.807, 2.05) is 30.3 Å². The average Bonchev–Trinajstić information content (AvgIpc) is 2.63. The Hall–Kier alpha value is -2.56. The topological polar surface area (TPSA) is 83.1 Å². The zero-order valence-electron chi connectivity index (χ0n) is 16.6. The summed E-state index contributed by atoms with van der Waals surface area (Å²) >= 11 is 0. The van der Waals surface area contributed by atoms with E-state index in [1.54, 1.807) is 20.8 Å². The average molecular weight is 389 g/mol. The van der Waals surface area contributed by atoms with Gasteiger partial charge in [0.15, 0.2) is 6.29 Å². The number of carbonyl (C=O) groups is 2. The first-order valence-electron chi connectivity index (χ1n) is 9.15. The molecule has 0 aromatic heterocycles. The molecule has 1 heterocycles. The van der Waals surface area contributed by atoms with E-state index < -0.39 is 42.2 Å². The Morgan fingerprint density at radius 2 is 2.00 bits per heavy atom. The molecule has 4 atom stereocenters. The third-order valence-corrected chi connectivity index (χ3v) is 4.26. The normalized spacial score (nSPS) is 24.7. The van der Waals surface area contributed by atoms with E-state index in [2.05, 4.69) is 11.2 Å². The predicted molar refractivity (Wildman–Crippen MR) is 102 cm³/mol. The quantitative estimate of drug-likeness (QED) is 0.595. The highest BCUT2D eigenvalue weighted by molar-refractivity contribution is 5.68. The molecule has 0 bridgehead atoms. The first-order valence-corrected chi connectivity index (χ1v) is 9.15. The fraction of sp³-hybridized carbons (Fsp3) is 0.524. The smallest absolute Gasteiger partial charge is 0.407 e. The van der Waals surface area contributed by atoms with Gasteiger partial charge in [-0.15, -0.1) is 6.42 Å². The van der Waals surface area contributed by atoms with E-state index in [0.717, 1.165) is 5.56 Å². The number of alkyl carbamates (subject to hydrolysis) is 1. The molecule has 2 rings (SSSR count). The summed E-state index contributed by atoms with van der Waals surface area (Å²) in [4.78, 5) is 23.8. The van der Waals surface area contributed by atoms with Crippen LogP contribution in [0.5, 0.6) is 0 Å². The van der Waals surface area contributed by atoms with Gasteiger partial charge in [0.2, 0.25) is 0 Å². The van der Waals surface area contributed by atoms with Crippen LogP contribution >= 0.6 is 0 Å². The second kappa shape index (κ2) is 9.58. The van der Waals surface area contributed by atoms with Crippen molar-refractivity contribution in [1.29, 1.82) is 0 Å². The molecular weight excluding hydrogens is 362 g/mol. The van der Waals surface area contributed by atoms with Crippen LogP contribution in [-0.4, -0.2) is 42.2 Å². The highest BCUT2D eigenvalue weighted by Crippen LogP contribution is 2.27. The number of hydrogen-bond donors (Lipinski definition) is 1. The molecule has 0 aliphatic carbocycles. The summed E-state index contributed by atoms with van der Waals surface area (Å²) in [7, 11) is 0. The lowest BCUT2D eigenvalue weighted by atomic mass is 9.99. The Kier molecular flexibility index (Phi) is 7.44. The van der Waals surface area contributed by atoms with E-state index in [-0.39, 0.29) is 13.0 Å². The van der Waals surface area contributed by atoms with Gasteiger partial charge in [-0.3, -0.25) is 4.79 Å². The molecule has 0 unspecified atom stereocenters. The van der Waals surface area contributed by atoms with Crippen molar-refractivity contribution < 1.29 is 28.5 Å². The number of hydrogen-bond acceptors (Lipinski definition) is 6. The first-order chi connectivity index (χ1) is 13.2. The van der Waals surface area contributed by atoms with Crippen LogP contribution in [0.25, 0.3) is 0 Å². The number of ether oxygens (including phenoxy) is 4. The molecule has 1 amide bonds. The van der Waals surface area contributed by atoms with E-state index in [9.17, 15) is 9.59 Å². The minimum absolute atomic E-state index is 0.133. The number of benzene rings is 1. The zero-order valence-corrected chi connectivity index (χ0v) is 16.6. The molecule has 28 heavy (non-hydrogen) atoms. The van der Waals surface area contributed by atoms with E-state index >= 15 is 0 Å². The van der Waals surface area contributed by atoms with Gasteiger partial charge in [0, 0.05) is 13.3 Å². The van der Waals surface area contributed by atoms with Gasteiger partial charge < -0.3 is 24.3 Å². The summed E-state index contributed by atoms with van der Waals surface area (Å²) in [5, 5.41) is 2.76. The van der Waals surface area contributed by atoms with Crippen LogP contribution in [0, 0.1) is 12.3 Å². The van der Waals surface area contributed by atoms with E-state index in [4.69, 9.17) is 25.4 Å². The van der Waals surface area contributed by atoms with E-state index in [0.29, 0.717) is 0 Å². The van der Waals surface area contributed by atoms with Crippen LogP contribution in [-0.2, 0) is 30.3 Å². The van der Waals surface area contributed by atoms with Crippen molar-refractivity contribution in [3.63, 3.8) is 0 Å². The highest BCUT2D eigenvalue weighted by atomic mass is 16.7. The van der Waals surface area contributed by atoms with Gasteiger partial charge in [-0.25, -0.2) is 4.79 Å². The highest BCUT2D eigenvalue weighted by Gasteiger charge is 2.41. The number of amides is 1. The van der Waals surface area contributed by atoms with Crippen molar-refractivity contribution in [2.75, 3.05) is 0 Å². The molecule has 7 heteroatoms. The molecule has 1 fully saturated rings. The summed E-state index contributed by atoms with van der Waals surface area (Å²) < 4.78 is 22.2. The summed E-state index contributed by atoms with van der Waals surface area (Å²) in [6.45, 7) is 6.68. The van der Waals surface area contributed by atoms with Gasteiger partial charge >= 0.3 is 12.1 Å². The summed E-state index contributed by atoms with van der Waals surface area (Å²) in [6.07, 6.45) is 3.28. The molecule has 1 aromatic rings. The Morgan fingerprint density at radius 3 is 2.61 bits per heavy atom. The van der Waals surface area contributed by atoms with Gasteiger partial charge in [0.1, 0.15) is 18.3 Å². The van der Waals surface area contributed by atoms with Crippen molar-refractivity contribution in [2.45, 2.75) is 70.9 Å². The van der Waals surface area contributed by atoms with Crippen LogP contribution in [0.4, 0.5) is 4.79 Å². The van der Waals surface area contributed by atoms with Crippen LogP contribution in [0.15, 0.2) is 30.3 Å². The maximum atomic E-state index is 12.3. The van der Waals surface area contributed by atoms with Gasteiger partial charge in [-0.05, 0) is 26.3 Å². The number of nitrogens with one attached hydrogen (secondary N) is 1. The first kappa shape index (κ1) is 21.7. The molecule has 0 saturated carbocycles. The van der Waals surface area contributed by atoms with Crippen molar-refractivity contribution >= 4 is 12.1 Å². The standard InChI is InChI=1S/C21H27NO6/c1-6-21(4,5)28-18-12-17(19(14(2)26-18)27-15(3)23)22-20(24)25-13-16-10-8-7-9-11-16/h1,7-11,14,17-19H,12-13H2,2-5H3,(H,22,24)/t14-,17+,18-,19-/m0/s1. The summed E-state index contributed by atoms with van der Waals surface area (Å²) in [6, 6.07) is 8.78. The number of carbonyl (C=O) groups excluding carboxylic acids is 2. The maximum absolute atomic E-state index is 12.3. The zero-order chi connectivity index (χ0) is 20.7. The fourth-order valence-electron chi connectivity index (χ4n) is 2.91. The molecule has 0 spiro atoms. The SMILES string of the molecule is C#CC(C)(C)O[C@H]1C[C@@H](NC(=O)OCc2ccccc2)[C@@H](OC(C)=O)[C@H](C)O1.